The Balaban J connectivity index is 1.56. The maximum absolute atomic E-state index is 12.5. The van der Waals surface area contributed by atoms with Gasteiger partial charge in [0, 0.05) is 32.5 Å². The van der Waals surface area contributed by atoms with E-state index in [0.29, 0.717) is 6.54 Å². The third-order valence-corrected chi connectivity index (χ3v) is 5.04. The summed E-state index contributed by atoms with van der Waals surface area (Å²) < 4.78 is 43.0. The molecule has 2 aliphatic rings. The molecule has 24 heavy (non-hydrogen) atoms. The molecule has 1 amide bonds. The molecule has 1 unspecified atom stereocenters. The van der Waals surface area contributed by atoms with Gasteiger partial charge in [0.1, 0.15) is 11.4 Å². The van der Waals surface area contributed by atoms with Gasteiger partial charge in [0.05, 0.1) is 6.04 Å². The van der Waals surface area contributed by atoms with E-state index in [1.165, 1.54) is 12.1 Å². The zero-order valence-corrected chi connectivity index (χ0v) is 14.0. The lowest BCUT2D eigenvalue weighted by atomic mass is 9.85. The molecular formula is C15H19FN2O5S. The molecule has 9 heteroatoms. The molecule has 1 spiro atoms. The van der Waals surface area contributed by atoms with E-state index in [1.54, 1.807) is 12.1 Å². The van der Waals surface area contributed by atoms with Crippen LogP contribution >= 0.6 is 0 Å². The number of nitrogens with zero attached hydrogens (tertiary/aromatic N) is 1. The summed E-state index contributed by atoms with van der Waals surface area (Å²) in [6.07, 6.45) is 1.16. The minimum absolute atomic E-state index is 0.00577. The molecule has 2 aliphatic heterocycles. The Bertz CT molecular complexity index is 714. The topological polar surface area (TPSA) is 84.9 Å². The van der Waals surface area contributed by atoms with E-state index in [-0.39, 0.29) is 17.9 Å². The summed E-state index contributed by atoms with van der Waals surface area (Å²) in [5.41, 5.74) is 0.546. The first kappa shape index (κ1) is 17.0. The highest BCUT2D eigenvalue weighted by atomic mass is 32.3. The highest BCUT2D eigenvalue weighted by Crippen LogP contribution is 2.34. The van der Waals surface area contributed by atoms with E-state index in [1.807, 2.05) is 6.92 Å². The maximum Gasteiger partial charge on any atom is 0.488 e. The molecule has 3 rings (SSSR count). The number of piperidine rings is 1. The van der Waals surface area contributed by atoms with Crippen LogP contribution in [0.1, 0.15) is 25.3 Å². The van der Waals surface area contributed by atoms with E-state index in [0.717, 1.165) is 31.5 Å². The monoisotopic (exact) mass is 358 g/mol. The Morgan fingerprint density at radius 3 is 2.46 bits per heavy atom. The number of alkyl carbamates (subject to hydrolysis) is 1. The zero-order valence-electron chi connectivity index (χ0n) is 13.2. The lowest BCUT2D eigenvalue weighted by Gasteiger charge is -2.39. The Morgan fingerprint density at radius 2 is 1.96 bits per heavy atom. The van der Waals surface area contributed by atoms with Crippen molar-refractivity contribution in [3.05, 3.63) is 29.8 Å². The quantitative estimate of drug-likeness (QED) is 0.826. The molecule has 1 atom stereocenters. The molecule has 2 fully saturated rings. The van der Waals surface area contributed by atoms with Crippen LogP contribution in [0.3, 0.4) is 0 Å². The highest BCUT2D eigenvalue weighted by molar-refractivity contribution is 7.81. The third kappa shape index (κ3) is 3.78. The summed E-state index contributed by atoms with van der Waals surface area (Å²) in [5, 5.41) is 2.79. The van der Waals surface area contributed by atoms with Crippen molar-refractivity contribution in [2.45, 2.75) is 38.0 Å². The number of amides is 1. The van der Waals surface area contributed by atoms with Gasteiger partial charge in [-0.05, 0) is 24.6 Å². The fourth-order valence-electron chi connectivity index (χ4n) is 3.26. The van der Waals surface area contributed by atoms with Gasteiger partial charge in [0.2, 0.25) is 0 Å². The van der Waals surface area contributed by atoms with E-state index in [4.69, 9.17) is 4.74 Å². The molecule has 0 aromatic heterocycles. The van der Waals surface area contributed by atoms with Crippen LogP contribution in [0, 0.1) is 0 Å². The lowest BCUT2D eigenvalue weighted by Crippen LogP contribution is -2.50. The fraction of sp³-hybridized carbons (Fsp3) is 0.533. The van der Waals surface area contributed by atoms with Gasteiger partial charge >= 0.3 is 16.6 Å². The number of halogens is 1. The van der Waals surface area contributed by atoms with Crippen LogP contribution in [0.15, 0.2) is 24.3 Å². The van der Waals surface area contributed by atoms with Crippen molar-refractivity contribution in [1.82, 2.24) is 10.2 Å². The van der Waals surface area contributed by atoms with Crippen molar-refractivity contribution < 1.29 is 26.0 Å². The van der Waals surface area contributed by atoms with Crippen molar-refractivity contribution in [2.75, 3.05) is 13.1 Å². The average molecular weight is 358 g/mol. The fourth-order valence-corrected chi connectivity index (χ4v) is 3.60. The summed E-state index contributed by atoms with van der Waals surface area (Å²) in [6.45, 7) is 4.21. The number of hydrogen-bond donors (Lipinski definition) is 1. The minimum Gasteiger partial charge on any atom is -0.441 e. The Labute approximate surface area is 140 Å². The van der Waals surface area contributed by atoms with Gasteiger partial charge in [-0.1, -0.05) is 16.0 Å². The molecular weight excluding hydrogens is 339 g/mol. The first-order valence-electron chi connectivity index (χ1n) is 7.71. The Morgan fingerprint density at radius 1 is 1.33 bits per heavy atom. The summed E-state index contributed by atoms with van der Waals surface area (Å²) in [4.78, 5) is 13.6. The molecule has 0 bridgehead atoms. The first-order valence-corrected chi connectivity index (χ1v) is 9.01. The molecule has 2 heterocycles. The van der Waals surface area contributed by atoms with Crippen LogP contribution in [0.25, 0.3) is 0 Å². The molecule has 7 nitrogen and oxygen atoms in total. The van der Waals surface area contributed by atoms with E-state index < -0.39 is 16.1 Å². The molecule has 0 aliphatic carbocycles. The van der Waals surface area contributed by atoms with Crippen LogP contribution in [0.2, 0.25) is 0 Å². The van der Waals surface area contributed by atoms with E-state index in [9.17, 15) is 17.1 Å². The number of hydrogen-bond acceptors (Lipinski definition) is 6. The van der Waals surface area contributed by atoms with Crippen molar-refractivity contribution in [3.63, 3.8) is 0 Å². The summed E-state index contributed by atoms with van der Waals surface area (Å²) in [6, 6.07) is 6.24. The average Bonchev–Trinajstić information content (AvgIpc) is 2.76. The van der Waals surface area contributed by atoms with E-state index in [2.05, 4.69) is 14.4 Å². The van der Waals surface area contributed by atoms with Gasteiger partial charge in [0.25, 0.3) is 0 Å². The molecule has 132 valence electrons. The second-order valence-electron chi connectivity index (χ2n) is 6.22. The van der Waals surface area contributed by atoms with Gasteiger partial charge in [-0.3, -0.25) is 4.90 Å². The second-order valence-corrected chi connectivity index (χ2v) is 7.17. The maximum atomic E-state index is 12.5. The van der Waals surface area contributed by atoms with Gasteiger partial charge in [-0.2, -0.15) is 8.42 Å². The predicted octanol–water partition coefficient (Wildman–Crippen LogP) is 1.74. The summed E-state index contributed by atoms with van der Waals surface area (Å²) in [5.74, 6) is -0.0587. The third-order valence-electron chi connectivity index (χ3n) is 4.65. The van der Waals surface area contributed by atoms with Crippen molar-refractivity contribution in [2.24, 2.45) is 0 Å². The smallest absolute Gasteiger partial charge is 0.441 e. The molecule has 1 N–H and O–H groups in total. The van der Waals surface area contributed by atoms with Gasteiger partial charge in [0.15, 0.2) is 0 Å². The number of benzene rings is 1. The SMILES string of the molecule is CC1NC(=O)OC12CCN(Cc1ccc(OS(=O)(=O)F)cc1)CC2. The van der Waals surface area contributed by atoms with Gasteiger partial charge < -0.3 is 14.2 Å². The van der Waals surface area contributed by atoms with Crippen molar-refractivity contribution >= 4 is 16.6 Å². The second kappa shape index (κ2) is 6.21. The molecule has 0 saturated carbocycles. The number of carbonyl (C=O) groups excluding carboxylic acids is 1. The highest BCUT2D eigenvalue weighted by Gasteiger charge is 2.48. The lowest BCUT2D eigenvalue weighted by molar-refractivity contribution is -0.0171. The van der Waals surface area contributed by atoms with Crippen LogP contribution in [-0.2, 0) is 21.8 Å². The number of likely N-dealkylation sites (tertiary alicyclic amines) is 1. The largest absolute Gasteiger partial charge is 0.488 e. The van der Waals surface area contributed by atoms with Gasteiger partial charge in [-0.25, -0.2) is 4.79 Å². The first-order chi connectivity index (χ1) is 11.3. The minimum atomic E-state index is -5.00. The number of nitrogens with one attached hydrogen (secondary N) is 1. The summed E-state index contributed by atoms with van der Waals surface area (Å²) >= 11 is 0. The van der Waals surface area contributed by atoms with E-state index >= 15 is 0 Å². The number of rotatable bonds is 4. The Hall–Kier alpha value is -1.87. The predicted molar refractivity (Wildman–Crippen MR) is 83.4 cm³/mol. The Kier molecular flexibility index (Phi) is 4.39. The van der Waals surface area contributed by atoms with Crippen LogP contribution in [-0.4, -0.2) is 44.1 Å². The van der Waals surface area contributed by atoms with Crippen LogP contribution in [0.5, 0.6) is 5.75 Å². The molecule has 1 aromatic carbocycles. The normalized spacial score (nSPS) is 23.8. The molecule has 0 radical (unpaired) electrons. The van der Waals surface area contributed by atoms with Crippen molar-refractivity contribution in [1.29, 1.82) is 0 Å². The van der Waals surface area contributed by atoms with Crippen LogP contribution < -0.4 is 9.50 Å². The number of ether oxygens (including phenoxy) is 1. The molecule has 1 aromatic rings. The summed E-state index contributed by atoms with van der Waals surface area (Å²) in [7, 11) is -5.00. The van der Waals surface area contributed by atoms with Gasteiger partial charge in [-0.15, -0.1) is 0 Å². The number of carbonyl (C=O) groups is 1. The molecule has 2 saturated heterocycles. The van der Waals surface area contributed by atoms with Crippen molar-refractivity contribution in [3.8, 4) is 5.75 Å². The van der Waals surface area contributed by atoms with Crippen LogP contribution in [0.4, 0.5) is 8.68 Å². The zero-order chi connectivity index (χ0) is 17.4. The standard InChI is InChI=1S/C15H19FN2O5S/c1-11-15(22-14(19)17-11)6-8-18(9-7-15)10-12-2-4-13(5-3-12)23-24(16,20)21/h2-5,11H,6-10H2,1H3,(H,17,19).